The minimum absolute atomic E-state index is 0.615. The van der Waals surface area contributed by atoms with Gasteiger partial charge in [-0.2, -0.15) is 0 Å². The Bertz CT molecular complexity index is 443. The van der Waals surface area contributed by atoms with Crippen LogP contribution in [0, 0.1) is 6.92 Å². The van der Waals surface area contributed by atoms with Gasteiger partial charge in [-0.15, -0.1) is 0 Å². The number of hydrogen-bond donors (Lipinski definition) is 0. The third-order valence-electron chi connectivity index (χ3n) is 2.43. The molecule has 2 aromatic carbocycles. The number of rotatable bonds is 1. The first kappa shape index (κ1) is 11.8. The normalized spacial score (nSPS) is 10.5. The maximum atomic E-state index is 6.19. The Labute approximate surface area is 110 Å². The number of benzene rings is 2. The van der Waals surface area contributed by atoms with Gasteiger partial charge < -0.3 is 0 Å². The third kappa shape index (κ3) is 2.06. The number of halogens is 3. The molecule has 0 radical (unpaired) electrons. The average Bonchev–Trinajstić information content (AvgIpc) is 2.21. The van der Waals surface area contributed by atoms with E-state index in [2.05, 4.69) is 0 Å². The van der Waals surface area contributed by atoms with Crippen molar-refractivity contribution < 1.29 is 0 Å². The third-order valence-corrected chi connectivity index (χ3v) is 3.38. The molecule has 0 bridgehead atoms. The van der Waals surface area contributed by atoms with Gasteiger partial charge >= 0.3 is 0 Å². The topological polar surface area (TPSA) is 0 Å². The molecule has 2 aromatic rings. The molecule has 0 aliphatic carbocycles. The molecular weight excluding hydrogens is 263 g/mol. The quantitative estimate of drug-likeness (QED) is 0.631. The standard InChI is InChI=1S/C13H9Cl3/c1-8-4-2-5-9(14)12(8)13-10(15)6-3-7-11(13)16/h2-7H,1H3. The molecule has 82 valence electrons. The van der Waals surface area contributed by atoms with Crippen molar-refractivity contribution in [3.8, 4) is 11.1 Å². The Morgan fingerprint density at radius 3 is 1.62 bits per heavy atom. The van der Waals surface area contributed by atoms with Crippen molar-refractivity contribution in [2.24, 2.45) is 0 Å². The molecule has 0 N–H and O–H groups in total. The second-order valence-corrected chi connectivity index (χ2v) is 4.75. The van der Waals surface area contributed by atoms with Crippen LogP contribution in [-0.2, 0) is 0 Å². The van der Waals surface area contributed by atoms with E-state index in [4.69, 9.17) is 34.8 Å². The Morgan fingerprint density at radius 1 is 0.688 bits per heavy atom. The van der Waals surface area contributed by atoms with Crippen LogP contribution in [0.25, 0.3) is 11.1 Å². The Morgan fingerprint density at radius 2 is 1.12 bits per heavy atom. The van der Waals surface area contributed by atoms with Gasteiger partial charge in [0.1, 0.15) is 0 Å². The maximum Gasteiger partial charge on any atom is 0.0500 e. The van der Waals surface area contributed by atoms with E-state index >= 15 is 0 Å². The highest BCUT2D eigenvalue weighted by Gasteiger charge is 2.13. The monoisotopic (exact) mass is 270 g/mol. The summed E-state index contributed by atoms with van der Waals surface area (Å²) in [5.74, 6) is 0. The van der Waals surface area contributed by atoms with E-state index in [1.165, 1.54) is 0 Å². The zero-order chi connectivity index (χ0) is 11.7. The fraction of sp³-hybridized carbons (Fsp3) is 0.0769. The summed E-state index contributed by atoms with van der Waals surface area (Å²) in [6.07, 6.45) is 0. The summed E-state index contributed by atoms with van der Waals surface area (Å²) >= 11 is 18.5. The van der Waals surface area contributed by atoms with E-state index in [0.29, 0.717) is 15.1 Å². The molecule has 0 atom stereocenters. The van der Waals surface area contributed by atoms with Crippen LogP contribution in [0.3, 0.4) is 0 Å². The van der Waals surface area contributed by atoms with Gasteiger partial charge in [0.25, 0.3) is 0 Å². The largest absolute Gasteiger partial charge is 0.0837 e. The summed E-state index contributed by atoms with van der Waals surface area (Å²) in [5, 5.41) is 1.89. The van der Waals surface area contributed by atoms with Gasteiger partial charge in [0.15, 0.2) is 0 Å². The number of aryl methyl sites for hydroxylation is 1. The van der Waals surface area contributed by atoms with Crippen LogP contribution in [0.2, 0.25) is 15.1 Å². The van der Waals surface area contributed by atoms with Gasteiger partial charge in [-0.25, -0.2) is 0 Å². The van der Waals surface area contributed by atoms with E-state index in [9.17, 15) is 0 Å². The first-order valence-corrected chi connectivity index (χ1v) is 5.94. The molecule has 16 heavy (non-hydrogen) atoms. The molecule has 0 amide bonds. The van der Waals surface area contributed by atoms with Crippen molar-refractivity contribution in [3.63, 3.8) is 0 Å². The van der Waals surface area contributed by atoms with Crippen LogP contribution in [0.15, 0.2) is 36.4 Å². The summed E-state index contributed by atoms with van der Waals surface area (Å²) in [6.45, 7) is 1.99. The second kappa shape index (κ2) is 4.67. The zero-order valence-electron chi connectivity index (χ0n) is 8.60. The van der Waals surface area contributed by atoms with E-state index in [1.807, 2.05) is 43.3 Å². The van der Waals surface area contributed by atoms with E-state index < -0.39 is 0 Å². The Kier molecular flexibility index (Phi) is 3.44. The molecule has 0 aliphatic heterocycles. The van der Waals surface area contributed by atoms with Gasteiger partial charge in [-0.05, 0) is 30.7 Å². The average molecular weight is 272 g/mol. The summed E-state index contributed by atoms with van der Waals surface area (Å²) in [6, 6.07) is 11.2. The molecule has 0 aliphatic rings. The highest BCUT2D eigenvalue weighted by molar-refractivity contribution is 6.41. The van der Waals surface area contributed by atoms with Crippen LogP contribution >= 0.6 is 34.8 Å². The second-order valence-electron chi connectivity index (χ2n) is 3.53. The molecule has 0 nitrogen and oxygen atoms in total. The molecule has 0 saturated heterocycles. The fourth-order valence-corrected chi connectivity index (χ4v) is 2.59. The summed E-state index contributed by atoms with van der Waals surface area (Å²) in [5.41, 5.74) is 2.76. The minimum Gasteiger partial charge on any atom is -0.0837 e. The van der Waals surface area contributed by atoms with E-state index in [1.54, 1.807) is 0 Å². The maximum absolute atomic E-state index is 6.19. The summed E-state index contributed by atoms with van der Waals surface area (Å²) in [7, 11) is 0. The minimum atomic E-state index is 0.615. The first-order valence-electron chi connectivity index (χ1n) is 4.80. The van der Waals surface area contributed by atoms with Crippen molar-refractivity contribution >= 4 is 34.8 Å². The van der Waals surface area contributed by atoms with Crippen molar-refractivity contribution in [1.29, 1.82) is 0 Å². The predicted molar refractivity (Wildman–Crippen MR) is 71.6 cm³/mol. The van der Waals surface area contributed by atoms with Crippen LogP contribution in [0.4, 0.5) is 0 Å². The van der Waals surface area contributed by atoms with Gasteiger partial charge in [-0.3, -0.25) is 0 Å². The summed E-state index contributed by atoms with van der Waals surface area (Å²) < 4.78 is 0. The lowest BCUT2D eigenvalue weighted by Gasteiger charge is -2.11. The van der Waals surface area contributed by atoms with Crippen molar-refractivity contribution in [2.45, 2.75) is 6.92 Å². The zero-order valence-corrected chi connectivity index (χ0v) is 10.9. The molecule has 0 spiro atoms. The predicted octanol–water partition coefficient (Wildman–Crippen LogP) is 5.62. The van der Waals surface area contributed by atoms with Gasteiger partial charge in [-0.1, -0.05) is 53.0 Å². The SMILES string of the molecule is Cc1cccc(Cl)c1-c1c(Cl)cccc1Cl. The molecule has 0 unspecified atom stereocenters. The highest BCUT2D eigenvalue weighted by Crippen LogP contribution is 2.40. The Hall–Kier alpha value is -0.690. The molecule has 0 aromatic heterocycles. The first-order chi connectivity index (χ1) is 7.61. The van der Waals surface area contributed by atoms with Crippen molar-refractivity contribution in [1.82, 2.24) is 0 Å². The molecular formula is C13H9Cl3. The number of hydrogen-bond acceptors (Lipinski definition) is 0. The van der Waals surface area contributed by atoms with Gasteiger partial charge in [0.05, 0.1) is 0 Å². The highest BCUT2D eigenvalue weighted by atomic mass is 35.5. The van der Waals surface area contributed by atoms with Crippen LogP contribution in [0.5, 0.6) is 0 Å². The van der Waals surface area contributed by atoms with Crippen LogP contribution in [-0.4, -0.2) is 0 Å². The van der Waals surface area contributed by atoms with Crippen LogP contribution < -0.4 is 0 Å². The van der Waals surface area contributed by atoms with Crippen molar-refractivity contribution in [3.05, 3.63) is 57.0 Å². The molecule has 2 rings (SSSR count). The van der Waals surface area contributed by atoms with Gasteiger partial charge in [0.2, 0.25) is 0 Å². The molecule has 0 fully saturated rings. The van der Waals surface area contributed by atoms with Crippen LogP contribution in [0.1, 0.15) is 5.56 Å². The molecule has 0 saturated carbocycles. The lowest BCUT2D eigenvalue weighted by Crippen LogP contribution is -1.87. The van der Waals surface area contributed by atoms with Crippen molar-refractivity contribution in [2.75, 3.05) is 0 Å². The molecule has 3 heteroatoms. The van der Waals surface area contributed by atoms with E-state index in [0.717, 1.165) is 16.7 Å². The molecule has 0 heterocycles. The fourth-order valence-electron chi connectivity index (χ4n) is 1.69. The lowest BCUT2D eigenvalue weighted by atomic mass is 10.0. The lowest BCUT2D eigenvalue weighted by molar-refractivity contribution is 1.46. The van der Waals surface area contributed by atoms with Gasteiger partial charge in [0, 0.05) is 26.2 Å². The van der Waals surface area contributed by atoms with E-state index in [-0.39, 0.29) is 0 Å². The Balaban J connectivity index is 2.77. The summed E-state index contributed by atoms with van der Waals surface area (Å²) in [4.78, 5) is 0. The smallest absolute Gasteiger partial charge is 0.0500 e.